The van der Waals surface area contributed by atoms with E-state index in [1.165, 1.54) is 0 Å². The smallest absolute Gasteiger partial charge is 0.384 e. The molecule has 0 atom stereocenters. The number of fused-ring (bicyclic) bond motifs is 1. The van der Waals surface area contributed by atoms with Crippen LogP contribution in [0.4, 0.5) is 19.0 Å². The molecule has 1 aliphatic rings. The van der Waals surface area contributed by atoms with Gasteiger partial charge >= 0.3 is 6.18 Å². The summed E-state index contributed by atoms with van der Waals surface area (Å²) in [5, 5.41) is 11.7. The average molecular weight is 470 g/mol. The van der Waals surface area contributed by atoms with E-state index in [2.05, 4.69) is 34.0 Å². The van der Waals surface area contributed by atoms with Gasteiger partial charge < -0.3 is 10.4 Å². The SMILES string of the molecule is Cc1cc(-c2cnc3c(NCCC(F)(F)F)nc(C#CCO)cn23)ccc1C(=O)CC1(C)CC1. The van der Waals surface area contributed by atoms with Crippen molar-refractivity contribution in [1.82, 2.24) is 14.4 Å². The lowest BCUT2D eigenvalue weighted by molar-refractivity contribution is -0.131. The van der Waals surface area contributed by atoms with Crippen molar-refractivity contribution in [2.45, 2.75) is 45.7 Å². The second-order valence-corrected chi connectivity index (χ2v) is 9.00. The van der Waals surface area contributed by atoms with Gasteiger partial charge in [0.05, 0.1) is 18.3 Å². The van der Waals surface area contributed by atoms with Crippen LogP contribution in [-0.4, -0.2) is 44.6 Å². The predicted molar refractivity (Wildman–Crippen MR) is 123 cm³/mol. The van der Waals surface area contributed by atoms with Gasteiger partial charge in [0, 0.05) is 30.3 Å². The van der Waals surface area contributed by atoms with Crippen LogP contribution < -0.4 is 5.32 Å². The number of imidazole rings is 1. The lowest BCUT2D eigenvalue weighted by atomic mass is 9.93. The number of hydrogen-bond donors (Lipinski definition) is 2. The van der Waals surface area contributed by atoms with E-state index in [1.807, 2.05) is 25.1 Å². The molecule has 2 aromatic heterocycles. The number of rotatable bonds is 7. The maximum Gasteiger partial charge on any atom is 0.390 e. The summed E-state index contributed by atoms with van der Waals surface area (Å²) in [5.41, 5.74) is 3.77. The van der Waals surface area contributed by atoms with E-state index in [0.29, 0.717) is 23.3 Å². The minimum Gasteiger partial charge on any atom is -0.384 e. The topological polar surface area (TPSA) is 79.5 Å². The molecule has 0 bridgehead atoms. The molecular weight excluding hydrogens is 445 g/mol. The minimum atomic E-state index is -4.30. The first-order chi connectivity index (χ1) is 16.1. The highest BCUT2D eigenvalue weighted by molar-refractivity contribution is 5.98. The highest BCUT2D eigenvalue weighted by Gasteiger charge is 2.39. The molecule has 1 aliphatic carbocycles. The zero-order valence-electron chi connectivity index (χ0n) is 19.0. The van der Waals surface area contributed by atoms with Crippen molar-refractivity contribution < 1.29 is 23.1 Å². The number of hydrogen-bond acceptors (Lipinski definition) is 5. The van der Waals surface area contributed by atoms with Crippen LogP contribution >= 0.6 is 0 Å². The number of aromatic nitrogens is 3. The fraction of sp³-hybridized carbons (Fsp3) is 0.400. The van der Waals surface area contributed by atoms with Gasteiger partial charge in [-0.15, -0.1) is 0 Å². The number of alkyl halides is 3. The van der Waals surface area contributed by atoms with Crippen molar-refractivity contribution in [2.24, 2.45) is 5.41 Å². The third kappa shape index (κ3) is 5.39. The Morgan fingerprint density at radius 1 is 1.32 bits per heavy atom. The fourth-order valence-corrected chi connectivity index (χ4v) is 3.84. The molecule has 0 aliphatic heterocycles. The molecule has 0 saturated heterocycles. The largest absolute Gasteiger partial charge is 0.390 e. The molecule has 1 saturated carbocycles. The third-order valence-corrected chi connectivity index (χ3v) is 6.00. The highest BCUT2D eigenvalue weighted by atomic mass is 19.4. The zero-order chi connectivity index (χ0) is 24.5. The minimum absolute atomic E-state index is 0.123. The molecule has 9 heteroatoms. The van der Waals surface area contributed by atoms with E-state index >= 15 is 0 Å². The van der Waals surface area contributed by atoms with Crippen LogP contribution in [0.1, 0.15) is 54.2 Å². The Hall–Kier alpha value is -3.38. The molecule has 6 nitrogen and oxygen atoms in total. The molecule has 34 heavy (non-hydrogen) atoms. The van der Waals surface area contributed by atoms with E-state index < -0.39 is 12.6 Å². The van der Waals surface area contributed by atoms with Crippen molar-refractivity contribution in [3.05, 3.63) is 47.4 Å². The van der Waals surface area contributed by atoms with Gasteiger partial charge in [-0.3, -0.25) is 9.20 Å². The van der Waals surface area contributed by atoms with E-state index in [4.69, 9.17) is 5.11 Å². The third-order valence-electron chi connectivity index (χ3n) is 6.00. The molecule has 2 heterocycles. The molecule has 0 amide bonds. The summed E-state index contributed by atoms with van der Waals surface area (Å²) in [6.45, 7) is 3.28. The van der Waals surface area contributed by atoms with Crippen LogP contribution in [0, 0.1) is 24.2 Å². The summed E-state index contributed by atoms with van der Waals surface area (Å²) in [7, 11) is 0. The molecule has 0 radical (unpaired) electrons. The van der Waals surface area contributed by atoms with Gasteiger partial charge in [-0.2, -0.15) is 13.2 Å². The predicted octanol–water partition coefficient (Wildman–Crippen LogP) is 4.79. The number of aryl methyl sites for hydroxylation is 1. The molecule has 1 fully saturated rings. The lowest BCUT2D eigenvalue weighted by Crippen LogP contribution is -2.16. The summed E-state index contributed by atoms with van der Waals surface area (Å²) in [5.74, 6) is 5.50. The number of nitrogens with one attached hydrogen (secondary N) is 1. The summed E-state index contributed by atoms with van der Waals surface area (Å²) < 4.78 is 39.5. The molecule has 178 valence electrons. The second-order valence-electron chi connectivity index (χ2n) is 9.00. The number of carbonyl (C=O) groups excluding carboxylic acids is 1. The van der Waals surface area contributed by atoms with Gasteiger partial charge in [0.25, 0.3) is 0 Å². The first-order valence-electron chi connectivity index (χ1n) is 11.0. The van der Waals surface area contributed by atoms with Crippen molar-refractivity contribution in [1.29, 1.82) is 0 Å². The van der Waals surface area contributed by atoms with Crippen LogP contribution in [0.5, 0.6) is 0 Å². The standard InChI is InChI=1S/C25H25F3N4O2/c1-16-12-17(5-6-19(16)21(34)13-24(2)7-8-24)20-14-30-23-22(29-10-9-25(26,27)28)31-18(4-3-11-33)15-32(20)23/h5-6,12,14-15,33H,7-11,13H2,1-2H3,(H,29,31). The first kappa shape index (κ1) is 23.8. The second kappa shape index (κ2) is 9.11. The number of Topliss-reactive ketones (excluding diaryl/α,β-unsaturated/α-hetero) is 1. The number of aliphatic hydroxyl groups excluding tert-OH is 1. The lowest BCUT2D eigenvalue weighted by Gasteiger charge is -2.12. The summed E-state index contributed by atoms with van der Waals surface area (Å²) >= 11 is 0. The van der Waals surface area contributed by atoms with E-state index in [0.717, 1.165) is 24.0 Å². The molecule has 1 aromatic carbocycles. The molecular formula is C25H25F3N4O2. The summed E-state index contributed by atoms with van der Waals surface area (Å²) in [6, 6.07) is 5.56. The fourth-order valence-electron chi connectivity index (χ4n) is 3.84. The van der Waals surface area contributed by atoms with Crippen LogP contribution in [-0.2, 0) is 0 Å². The van der Waals surface area contributed by atoms with Gasteiger partial charge in [0.2, 0.25) is 0 Å². The Morgan fingerprint density at radius 2 is 2.09 bits per heavy atom. The van der Waals surface area contributed by atoms with Crippen molar-refractivity contribution in [3.63, 3.8) is 0 Å². The molecule has 3 aromatic rings. The van der Waals surface area contributed by atoms with E-state index in [9.17, 15) is 18.0 Å². The van der Waals surface area contributed by atoms with Crippen LogP contribution in [0.25, 0.3) is 16.9 Å². The monoisotopic (exact) mass is 470 g/mol. The van der Waals surface area contributed by atoms with Crippen molar-refractivity contribution >= 4 is 17.2 Å². The number of aliphatic hydroxyl groups is 1. The molecule has 2 N–H and O–H groups in total. The highest BCUT2D eigenvalue weighted by Crippen LogP contribution is 2.48. The number of anilines is 1. The molecule has 0 spiro atoms. The molecule has 0 unspecified atom stereocenters. The summed E-state index contributed by atoms with van der Waals surface area (Å²) in [4.78, 5) is 21.4. The number of benzene rings is 1. The normalized spacial score (nSPS) is 14.5. The van der Waals surface area contributed by atoms with E-state index in [1.54, 1.807) is 16.8 Å². The van der Waals surface area contributed by atoms with Crippen molar-refractivity contribution in [2.75, 3.05) is 18.5 Å². The Bertz CT molecular complexity index is 1300. The van der Waals surface area contributed by atoms with E-state index in [-0.39, 0.29) is 35.9 Å². The van der Waals surface area contributed by atoms with Gasteiger partial charge in [0.15, 0.2) is 17.2 Å². The first-order valence-corrected chi connectivity index (χ1v) is 11.0. The number of carbonyl (C=O) groups is 1. The average Bonchev–Trinajstić information content (AvgIpc) is 3.32. The maximum atomic E-state index is 12.7. The van der Waals surface area contributed by atoms with Crippen LogP contribution in [0.2, 0.25) is 0 Å². The zero-order valence-corrected chi connectivity index (χ0v) is 19.0. The van der Waals surface area contributed by atoms with Crippen molar-refractivity contribution in [3.8, 4) is 23.1 Å². The van der Waals surface area contributed by atoms with Crippen LogP contribution in [0.3, 0.4) is 0 Å². The number of nitrogens with zero attached hydrogens (tertiary/aromatic N) is 3. The molecule has 4 rings (SSSR count). The summed E-state index contributed by atoms with van der Waals surface area (Å²) in [6.07, 6.45) is 0.599. The maximum absolute atomic E-state index is 12.7. The Balaban J connectivity index is 1.69. The Kier molecular flexibility index (Phi) is 6.36. The number of halogens is 3. The van der Waals surface area contributed by atoms with Gasteiger partial charge in [-0.05, 0) is 42.7 Å². The van der Waals surface area contributed by atoms with Gasteiger partial charge in [0.1, 0.15) is 12.3 Å². The van der Waals surface area contributed by atoms with Crippen LogP contribution in [0.15, 0.2) is 30.6 Å². The van der Waals surface area contributed by atoms with Gasteiger partial charge in [-0.25, -0.2) is 9.97 Å². The number of ketones is 1. The Morgan fingerprint density at radius 3 is 2.74 bits per heavy atom. The van der Waals surface area contributed by atoms with Gasteiger partial charge in [-0.1, -0.05) is 25.0 Å². The quantitative estimate of drug-likeness (QED) is 0.384. The Labute approximate surface area is 195 Å².